The van der Waals surface area contributed by atoms with Crippen molar-refractivity contribution in [1.29, 1.82) is 0 Å². The highest BCUT2D eigenvalue weighted by Gasteiger charge is 2.29. The smallest absolute Gasteiger partial charge is 0.241 e. The van der Waals surface area contributed by atoms with Crippen LogP contribution < -0.4 is 9.62 Å². The predicted octanol–water partition coefficient (Wildman–Crippen LogP) is 4.19. The highest BCUT2D eigenvalue weighted by molar-refractivity contribution is 7.89. The van der Waals surface area contributed by atoms with Crippen LogP contribution in [0.1, 0.15) is 28.5 Å². The number of furan rings is 1. The lowest BCUT2D eigenvalue weighted by Gasteiger charge is -2.39. The van der Waals surface area contributed by atoms with Gasteiger partial charge in [-0.15, -0.1) is 0 Å². The van der Waals surface area contributed by atoms with Crippen LogP contribution in [0, 0.1) is 26.6 Å². The first kappa shape index (κ1) is 23.5. The molecular weight excluding hydrogens is 441 g/mol. The van der Waals surface area contributed by atoms with Gasteiger partial charge in [-0.25, -0.2) is 17.5 Å². The van der Waals surface area contributed by atoms with E-state index >= 15 is 0 Å². The van der Waals surface area contributed by atoms with E-state index in [2.05, 4.69) is 14.5 Å². The third kappa shape index (κ3) is 5.29. The van der Waals surface area contributed by atoms with E-state index in [9.17, 15) is 12.8 Å². The Morgan fingerprint density at radius 3 is 2.21 bits per heavy atom. The summed E-state index contributed by atoms with van der Waals surface area (Å²) in [5, 5.41) is 0. The van der Waals surface area contributed by atoms with Gasteiger partial charge in [-0.05, 0) is 68.3 Å². The predicted molar refractivity (Wildman–Crippen MR) is 127 cm³/mol. The molecule has 2 heterocycles. The summed E-state index contributed by atoms with van der Waals surface area (Å²) in [5.74, 6) is 0.479. The zero-order chi connectivity index (χ0) is 23.6. The van der Waals surface area contributed by atoms with Crippen molar-refractivity contribution in [2.75, 3.05) is 37.6 Å². The molecule has 0 radical (unpaired) electrons. The van der Waals surface area contributed by atoms with E-state index in [1.54, 1.807) is 18.4 Å². The van der Waals surface area contributed by atoms with Gasteiger partial charge >= 0.3 is 0 Å². The number of piperazine rings is 1. The number of hydrogen-bond donors (Lipinski definition) is 1. The molecule has 1 N–H and O–H groups in total. The number of nitrogens with one attached hydrogen (secondary N) is 1. The van der Waals surface area contributed by atoms with Gasteiger partial charge in [-0.3, -0.25) is 4.90 Å². The molecule has 8 heteroatoms. The van der Waals surface area contributed by atoms with Crippen molar-refractivity contribution in [3.8, 4) is 0 Å². The molecule has 6 nitrogen and oxygen atoms in total. The molecule has 1 fully saturated rings. The van der Waals surface area contributed by atoms with Gasteiger partial charge < -0.3 is 9.32 Å². The van der Waals surface area contributed by atoms with Crippen molar-refractivity contribution in [2.24, 2.45) is 0 Å². The van der Waals surface area contributed by atoms with Crippen LogP contribution in [0.3, 0.4) is 0 Å². The standard InChI is InChI=1S/C25H30FN3O3S/c1-18-15-19(2)25(20(3)16-18)33(30,31)27-17-23(24-5-4-14-32-24)29-12-10-28(11-13-29)22-8-6-21(26)7-9-22/h4-9,14-16,23,27H,10-13,17H2,1-3H3/t23-/m0/s1. The molecule has 2 aromatic carbocycles. The van der Waals surface area contributed by atoms with E-state index in [1.807, 2.05) is 45.0 Å². The van der Waals surface area contributed by atoms with E-state index in [4.69, 9.17) is 4.42 Å². The maximum Gasteiger partial charge on any atom is 0.241 e. The SMILES string of the molecule is Cc1cc(C)c(S(=O)(=O)NC[C@@H](c2ccco2)N2CCN(c3ccc(F)cc3)CC2)c(C)c1. The number of halogens is 1. The lowest BCUT2D eigenvalue weighted by Crippen LogP contribution is -2.49. The van der Waals surface area contributed by atoms with E-state index in [1.165, 1.54) is 12.1 Å². The lowest BCUT2D eigenvalue weighted by atomic mass is 10.1. The molecular formula is C25H30FN3O3S. The van der Waals surface area contributed by atoms with Crippen LogP contribution in [0.2, 0.25) is 0 Å². The molecule has 0 unspecified atom stereocenters. The molecule has 1 aliphatic heterocycles. The van der Waals surface area contributed by atoms with Crippen molar-refractivity contribution in [2.45, 2.75) is 31.7 Å². The molecule has 1 saturated heterocycles. The Kier molecular flexibility index (Phi) is 6.88. The number of rotatable bonds is 7. The van der Waals surface area contributed by atoms with Gasteiger partial charge in [0.25, 0.3) is 0 Å². The fourth-order valence-electron chi connectivity index (χ4n) is 4.69. The molecule has 1 atom stereocenters. The van der Waals surface area contributed by atoms with E-state index < -0.39 is 10.0 Å². The van der Waals surface area contributed by atoms with Gasteiger partial charge in [-0.2, -0.15) is 0 Å². The van der Waals surface area contributed by atoms with Crippen molar-refractivity contribution < 1.29 is 17.2 Å². The second-order valence-corrected chi connectivity index (χ2v) is 10.3. The second kappa shape index (κ2) is 9.67. The molecule has 4 rings (SSSR count). The minimum atomic E-state index is -3.69. The van der Waals surface area contributed by atoms with Gasteiger partial charge in [-0.1, -0.05) is 17.7 Å². The van der Waals surface area contributed by atoms with Crippen LogP contribution >= 0.6 is 0 Å². The number of nitrogens with zero attached hydrogens (tertiary/aromatic N) is 2. The van der Waals surface area contributed by atoms with Gasteiger partial charge in [0.15, 0.2) is 0 Å². The fraction of sp³-hybridized carbons (Fsp3) is 0.360. The molecule has 176 valence electrons. The molecule has 3 aromatic rings. The van der Waals surface area contributed by atoms with Crippen molar-refractivity contribution >= 4 is 15.7 Å². The Morgan fingerprint density at radius 1 is 1.00 bits per heavy atom. The maximum absolute atomic E-state index is 13.3. The van der Waals surface area contributed by atoms with Crippen LogP contribution in [0.25, 0.3) is 0 Å². The summed E-state index contributed by atoms with van der Waals surface area (Å²) in [5.41, 5.74) is 3.50. The monoisotopic (exact) mass is 471 g/mol. The van der Waals surface area contributed by atoms with Crippen LogP contribution in [0.15, 0.2) is 64.1 Å². The molecule has 0 aliphatic carbocycles. The molecule has 1 aliphatic rings. The normalized spacial score (nSPS) is 16.2. The largest absolute Gasteiger partial charge is 0.468 e. The highest BCUT2D eigenvalue weighted by atomic mass is 32.2. The summed E-state index contributed by atoms with van der Waals surface area (Å²) in [6, 6.07) is 13.8. The third-order valence-corrected chi connectivity index (χ3v) is 7.89. The van der Waals surface area contributed by atoms with Crippen LogP contribution in [-0.2, 0) is 10.0 Å². The number of aryl methyl sites for hydroxylation is 3. The number of hydrogen-bond acceptors (Lipinski definition) is 5. The zero-order valence-electron chi connectivity index (χ0n) is 19.2. The average Bonchev–Trinajstić information content (AvgIpc) is 3.28. The van der Waals surface area contributed by atoms with Gasteiger partial charge in [0, 0.05) is 38.4 Å². The highest BCUT2D eigenvalue weighted by Crippen LogP contribution is 2.26. The number of anilines is 1. The van der Waals surface area contributed by atoms with Gasteiger partial charge in [0.05, 0.1) is 17.2 Å². The summed E-state index contributed by atoms with van der Waals surface area (Å²) in [6.45, 7) is 8.79. The Bertz CT molecular complexity index is 1160. The summed E-state index contributed by atoms with van der Waals surface area (Å²) < 4.78 is 48.2. The summed E-state index contributed by atoms with van der Waals surface area (Å²) >= 11 is 0. The molecule has 0 spiro atoms. The lowest BCUT2D eigenvalue weighted by molar-refractivity contribution is 0.166. The number of benzene rings is 2. The molecule has 1 aromatic heterocycles. The molecule has 0 amide bonds. The van der Waals surface area contributed by atoms with Crippen molar-refractivity contribution in [3.63, 3.8) is 0 Å². The Labute approximate surface area is 195 Å². The summed E-state index contributed by atoms with van der Waals surface area (Å²) in [6.07, 6.45) is 1.61. The van der Waals surface area contributed by atoms with Gasteiger partial charge in [0.2, 0.25) is 10.0 Å². The molecule has 33 heavy (non-hydrogen) atoms. The fourth-order valence-corrected chi connectivity index (χ4v) is 6.17. The zero-order valence-corrected chi connectivity index (χ0v) is 20.0. The maximum atomic E-state index is 13.3. The van der Waals surface area contributed by atoms with E-state index in [-0.39, 0.29) is 18.4 Å². The van der Waals surface area contributed by atoms with Gasteiger partial charge in [0.1, 0.15) is 11.6 Å². The van der Waals surface area contributed by atoms with E-state index in [0.717, 1.165) is 54.3 Å². The minimum Gasteiger partial charge on any atom is -0.468 e. The second-order valence-electron chi connectivity index (χ2n) is 8.61. The van der Waals surface area contributed by atoms with Crippen LogP contribution in [0.5, 0.6) is 0 Å². The van der Waals surface area contributed by atoms with Crippen molar-refractivity contribution in [3.05, 3.63) is 83.1 Å². The Balaban J connectivity index is 1.48. The average molecular weight is 472 g/mol. The Hall–Kier alpha value is -2.68. The third-order valence-electron chi connectivity index (χ3n) is 6.16. The minimum absolute atomic E-state index is 0.207. The number of sulfonamides is 1. The molecule has 0 saturated carbocycles. The van der Waals surface area contributed by atoms with Crippen LogP contribution in [0.4, 0.5) is 10.1 Å². The first-order valence-corrected chi connectivity index (χ1v) is 12.6. The summed E-state index contributed by atoms with van der Waals surface area (Å²) in [4.78, 5) is 4.78. The topological polar surface area (TPSA) is 65.8 Å². The van der Waals surface area contributed by atoms with Crippen LogP contribution in [-0.4, -0.2) is 46.0 Å². The van der Waals surface area contributed by atoms with Crippen molar-refractivity contribution in [1.82, 2.24) is 9.62 Å². The quantitative estimate of drug-likeness (QED) is 0.560. The Morgan fingerprint density at radius 2 is 1.64 bits per heavy atom. The molecule has 0 bridgehead atoms. The summed E-state index contributed by atoms with van der Waals surface area (Å²) in [7, 11) is -3.69. The first-order valence-electron chi connectivity index (χ1n) is 11.1. The van der Waals surface area contributed by atoms with E-state index in [0.29, 0.717) is 4.90 Å². The first-order chi connectivity index (χ1) is 15.7.